The van der Waals surface area contributed by atoms with E-state index in [1.807, 2.05) is 18.2 Å². The summed E-state index contributed by atoms with van der Waals surface area (Å²) >= 11 is 0. The van der Waals surface area contributed by atoms with Gasteiger partial charge in [-0.25, -0.2) is 9.97 Å². The minimum absolute atomic E-state index is 0.0515. The number of hydrogen-bond donors (Lipinski definition) is 1. The fraction of sp³-hybridized carbons (Fsp3) is 0.333. The van der Waals surface area contributed by atoms with Gasteiger partial charge in [0, 0.05) is 31.0 Å². The number of nitrogens with zero attached hydrogens (tertiary/aromatic N) is 3. The molecule has 25 heavy (non-hydrogen) atoms. The van der Waals surface area contributed by atoms with E-state index in [0.29, 0.717) is 11.5 Å². The van der Waals surface area contributed by atoms with Crippen LogP contribution in [0, 0.1) is 0 Å². The summed E-state index contributed by atoms with van der Waals surface area (Å²) in [7, 11) is 1.69. The number of esters is 1. The molecular weight excluding hydrogens is 320 g/mol. The molecule has 1 aromatic carbocycles. The Hall–Kier alpha value is -2.96. The van der Waals surface area contributed by atoms with Crippen LogP contribution >= 0.6 is 0 Å². The first kappa shape index (κ1) is 16.9. The molecule has 3 rings (SSSR count). The van der Waals surface area contributed by atoms with Crippen molar-refractivity contribution in [1.29, 1.82) is 0 Å². The minimum Gasteiger partial charge on any atom is -0.446 e. The first-order chi connectivity index (χ1) is 12.1. The maximum Gasteiger partial charge on any atom is 0.326 e. The lowest BCUT2D eigenvalue weighted by molar-refractivity contribution is -0.155. The second-order valence-electron chi connectivity index (χ2n) is 5.97. The lowest BCUT2D eigenvalue weighted by atomic mass is 10.1. The summed E-state index contributed by atoms with van der Waals surface area (Å²) in [6.07, 6.45) is 4.17. The highest BCUT2D eigenvalue weighted by Crippen LogP contribution is 2.23. The number of carbonyl (C=O) groups excluding carboxylic acids is 2. The second kappa shape index (κ2) is 7.74. The third-order valence-corrected chi connectivity index (χ3v) is 3.77. The fourth-order valence-electron chi connectivity index (χ4n) is 2.33. The lowest BCUT2D eigenvalue weighted by Crippen LogP contribution is -2.36. The monoisotopic (exact) mass is 340 g/mol. The van der Waals surface area contributed by atoms with E-state index in [1.54, 1.807) is 42.5 Å². The molecule has 0 bridgehead atoms. The smallest absolute Gasteiger partial charge is 0.326 e. The number of aromatic nitrogens is 2. The van der Waals surface area contributed by atoms with Crippen molar-refractivity contribution in [2.45, 2.75) is 25.0 Å². The maximum atomic E-state index is 12.5. The van der Waals surface area contributed by atoms with Crippen LogP contribution < -0.4 is 10.2 Å². The number of likely N-dealkylation sites (N-methyl/N-ethyl adjacent to an activating group) is 1. The molecule has 130 valence electrons. The zero-order valence-corrected chi connectivity index (χ0v) is 14.0. The molecule has 1 atom stereocenters. The molecule has 0 aliphatic heterocycles. The molecule has 0 saturated heterocycles. The zero-order chi connectivity index (χ0) is 17.6. The summed E-state index contributed by atoms with van der Waals surface area (Å²) in [5, 5.41) is 2.89. The van der Waals surface area contributed by atoms with Gasteiger partial charge in [0.1, 0.15) is 6.54 Å². The Balaban J connectivity index is 1.66. The van der Waals surface area contributed by atoms with Crippen molar-refractivity contribution in [3.05, 3.63) is 54.4 Å². The summed E-state index contributed by atoms with van der Waals surface area (Å²) < 4.78 is 5.47. The van der Waals surface area contributed by atoms with Crippen LogP contribution in [0.1, 0.15) is 24.5 Å². The number of nitrogens with one attached hydrogen (secondary N) is 1. The van der Waals surface area contributed by atoms with E-state index in [-0.39, 0.29) is 18.5 Å². The number of anilines is 1. The number of benzene rings is 1. The Morgan fingerprint density at radius 1 is 1.20 bits per heavy atom. The number of ether oxygens (including phenoxy) is 1. The van der Waals surface area contributed by atoms with Gasteiger partial charge in [0.2, 0.25) is 12.1 Å². The largest absolute Gasteiger partial charge is 0.446 e. The molecule has 1 fully saturated rings. The molecule has 1 amide bonds. The molecule has 7 nitrogen and oxygen atoms in total. The van der Waals surface area contributed by atoms with E-state index in [1.165, 1.54) is 0 Å². The van der Waals surface area contributed by atoms with E-state index >= 15 is 0 Å². The number of hydrogen-bond acceptors (Lipinski definition) is 6. The van der Waals surface area contributed by atoms with Gasteiger partial charge in [-0.2, -0.15) is 0 Å². The summed E-state index contributed by atoms with van der Waals surface area (Å²) in [6.45, 7) is -0.0515. The summed E-state index contributed by atoms with van der Waals surface area (Å²) in [5.74, 6) is -0.395. The molecular formula is C18H20N4O3. The molecule has 2 aromatic rings. The van der Waals surface area contributed by atoms with Crippen LogP contribution in [0.4, 0.5) is 5.95 Å². The zero-order valence-electron chi connectivity index (χ0n) is 14.0. The summed E-state index contributed by atoms with van der Waals surface area (Å²) in [6, 6.07) is 10.9. The first-order valence-corrected chi connectivity index (χ1v) is 8.16. The number of carbonyl (C=O) groups is 2. The highest BCUT2D eigenvalue weighted by atomic mass is 16.5. The Morgan fingerprint density at radius 3 is 2.52 bits per heavy atom. The molecule has 0 radical (unpaired) electrons. The van der Waals surface area contributed by atoms with Crippen LogP contribution in [-0.2, 0) is 14.3 Å². The Morgan fingerprint density at radius 2 is 1.88 bits per heavy atom. The maximum absolute atomic E-state index is 12.5. The van der Waals surface area contributed by atoms with Crippen molar-refractivity contribution in [2.24, 2.45) is 0 Å². The van der Waals surface area contributed by atoms with Crippen LogP contribution in [0.3, 0.4) is 0 Å². The average molecular weight is 340 g/mol. The Labute approximate surface area is 146 Å². The standard InChI is InChI=1S/C18H20N4O3/c1-22(18-19-10-5-11-20-18)12-15(23)25-16(13-6-3-2-4-7-13)17(24)21-14-8-9-14/h2-7,10-11,14,16H,8-9,12H2,1H3,(H,21,24). The van der Waals surface area contributed by atoms with Crippen LogP contribution in [-0.4, -0.2) is 41.5 Å². The van der Waals surface area contributed by atoms with Gasteiger partial charge in [-0.05, 0) is 18.9 Å². The molecule has 7 heteroatoms. The molecule has 1 aliphatic carbocycles. The molecule has 1 aliphatic rings. The van der Waals surface area contributed by atoms with Crippen molar-refractivity contribution >= 4 is 17.8 Å². The average Bonchev–Trinajstić information content (AvgIpc) is 3.45. The highest BCUT2D eigenvalue weighted by Gasteiger charge is 2.31. The van der Waals surface area contributed by atoms with Crippen molar-refractivity contribution in [3.8, 4) is 0 Å². The van der Waals surface area contributed by atoms with E-state index < -0.39 is 12.1 Å². The van der Waals surface area contributed by atoms with Gasteiger partial charge in [0.25, 0.3) is 5.91 Å². The summed E-state index contributed by atoms with van der Waals surface area (Å²) in [5.41, 5.74) is 0.646. The van der Waals surface area contributed by atoms with E-state index in [0.717, 1.165) is 12.8 Å². The predicted molar refractivity (Wildman–Crippen MR) is 91.7 cm³/mol. The molecule has 1 N–H and O–H groups in total. The first-order valence-electron chi connectivity index (χ1n) is 8.16. The Bertz CT molecular complexity index is 720. The quantitative estimate of drug-likeness (QED) is 0.769. The third kappa shape index (κ3) is 4.76. The van der Waals surface area contributed by atoms with Crippen LogP contribution in [0.5, 0.6) is 0 Å². The van der Waals surface area contributed by atoms with Gasteiger partial charge >= 0.3 is 5.97 Å². The second-order valence-corrected chi connectivity index (χ2v) is 5.97. The number of amides is 1. The Kier molecular flexibility index (Phi) is 5.23. The van der Waals surface area contributed by atoms with Crippen molar-refractivity contribution < 1.29 is 14.3 Å². The normalized spacial score (nSPS) is 14.4. The van der Waals surface area contributed by atoms with Crippen LogP contribution in [0.25, 0.3) is 0 Å². The molecule has 1 aromatic heterocycles. The summed E-state index contributed by atoms with van der Waals surface area (Å²) in [4.78, 5) is 34.5. The topological polar surface area (TPSA) is 84.4 Å². The molecule has 1 unspecified atom stereocenters. The molecule has 1 saturated carbocycles. The van der Waals surface area contributed by atoms with Gasteiger partial charge in [0.15, 0.2) is 0 Å². The third-order valence-electron chi connectivity index (χ3n) is 3.77. The fourth-order valence-corrected chi connectivity index (χ4v) is 2.33. The van der Waals surface area contributed by atoms with Gasteiger partial charge in [-0.1, -0.05) is 30.3 Å². The highest BCUT2D eigenvalue weighted by molar-refractivity contribution is 5.86. The molecule has 1 heterocycles. The van der Waals surface area contributed by atoms with Gasteiger partial charge in [0.05, 0.1) is 0 Å². The van der Waals surface area contributed by atoms with E-state index in [2.05, 4.69) is 15.3 Å². The van der Waals surface area contributed by atoms with Crippen LogP contribution in [0.2, 0.25) is 0 Å². The van der Waals surface area contributed by atoms with Crippen LogP contribution in [0.15, 0.2) is 48.8 Å². The van der Waals surface area contributed by atoms with Gasteiger partial charge < -0.3 is 15.0 Å². The number of rotatable bonds is 7. The minimum atomic E-state index is -0.959. The SMILES string of the molecule is CN(CC(=O)OC(C(=O)NC1CC1)c1ccccc1)c1ncccn1. The van der Waals surface area contributed by atoms with Crippen molar-refractivity contribution in [1.82, 2.24) is 15.3 Å². The van der Waals surface area contributed by atoms with E-state index in [9.17, 15) is 9.59 Å². The predicted octanol–water partition coefficient (Wildman–Crippen LogP) is 1.48. The van der Waals surface area contributed by atoms with Gasteiger partial charge in [-0.3, -0.25) is 9.59 Å². The lowest BCUT2D eigenvalue weighted by Gasteiger charge is -2.20. The molecule has 0 spiro atoms. The van der Waals surface area contributed by atoms with Crippen molar-refractivity contribution in [2.75, 3.05) is 18.5 Å². The van der Waals surface area contributed by atoms with E-state index in [4.69, 9.17) is 4.74 Å². The van der Waals surface area contributed by atoms with Gasteiger partial charge in [-0.15, -0.1) is 0 Å². The van der Waals surface area contributed by atoms with Crippen molar-refractivity contribution in [3.63, 3.8) is 0 Å².